The minimum atomic E-state index is -0.153. The SMILES string of the molecule is O[C@@H]1C=C[C@@H]2[C@@H]1[C@H]1C=C[C@H]2C1. The summed E-state index contributed by atoms with van der Waals surface area (Å²) in [6.45, 7) is 0. The molecule has 0 saturated heterocycles. The van der Waals surface area contributed by atoms with Gasteiger partial charge in [-0.1, -0.05) is 24.3 Å². The van der Waals surface area contributed by atoms with Crippen molar-refractivity contribution >= 4 is 0 Å². The first kappa shape index (κ1) is 6.01. The summed E-state index contributed by atoms with van der Waals surface area (Å²) in [5.41, 5.74) is 0. The van der Waals surface area contributed by atoms with Crippen LogP contribution in [0.4, 0.5) is 0 Å². The van der Waals surface area contributed by atoms with Crippen molar-refractivity contribution in [3.05, 3.63) is 24.3 Å². The van der Waals surface area contributed by atoms with Gasteiger partial charge in [-0.3, -0.25) is 0 Å². The highest BCUT2D eigenvalue weighted by atomic mass is 16.3. The zero-order chi connectivity index (χ0) is 7.42. The van der Waals surface area contributed by atoms with Crippen molar-refractivity contribution in [2.75, 3.05) is 0 Å². The summed E-state index contributed by atoms with van der Waals surface area (Å²) >= 11 is 0. The molecule has 1 heteroatoms. The van der Waals surface area contributed by atoms with Crippen LogP contribution in [0, 0.1) is 23.7 Å². The average Bonchev–Trinajstić information content (AvgIpc) is 2.60. The second-order valence-electron chi connectivity index (χ2n) is 3.98. The van der Waals surface area contributed by atoms with E-state index in [2.05, 4.69) is 18.2 Å². The van der Waals surface area contributed by atoms with Gasteiger partial charge in [0.05, 0.1) is 6.10 Å². The Labute approximate surface area is 66.4 Å². The molecule has 2 bridgehead atoms. The zero-order valence-electron chi connectivity index (χ0n) is 6.35. The zero-order valence-corrected chi connectivity index (χ0v) is 6.35. The van der Waals surface area contributed by atoms with Crippen LogP contribution in [-0.4, -0.2) is 11.2 Å². The summed E-state index contributed by atoms with van der Waals surface area (Å²) in [7, 11) is 0. The van der Waals surface area contributed by atoms with E-state index in [4.69, 9.17) is 0 Å². The van der Waals surface area contributed by atoms with E-state index in [0.717, 1.165) is 5.92 Å². The largest absolute Gasteiger partial charge is 0.389 e. The van der Waals surface area contributed by atoms with Gasteiger partial charge in [0.1, 0.15) is 0 Å². The van der Waals surface area contributed by atoms with E-state index in [1.165, 1.54) is 6.42 Å². The first-order chi connectivity index (χ1) is 5.36. The van der Waals surface area contributed by atoms with E-state index in [1.807, 2.05) is 6.08 Å². The molecular formula is C10H12O. The van der Waals surface area contributed by atoms with Gasteiger partial charge in [0.2, 0.25) is 0 Å². The number of fused-ring (bicyclic) bond motifs is 5. The molecule has 0 aromatic carbocycles. The van der Waals surface area contributed by atoms with Crippen molar-refractivity contribution in [2.45, 2.75) is 12.5 Å². The van der Waals surface area contributed by atoms with Crippen molar-refractivity contribution in [2.24, 2.45) is 23.7 Å². The van der Waals surface area contributed by atoms with Gasteiger partial charge in [0.25, 0.3) is 0 Å². The molecule has 0 unspecified atom stereocenters. The fourth-order valence-electron chi connectivity index (χ4n) is 3.02. The lowest BCUT2D eigenvalue weighted by atomic mass is 9.84. The first-order valence-electron chi connectivity index (χ1n) is 4.41. The van der Waals surface area contributed by atoms with Gasteiger partial charge >= 0.3 is 0 Å². The molecule has 1 nitrogen and oxygen atoms in total. The highest BCUT2D eigenvalue weighted by Gasteiger charge is 2.48. The van der Waals surface area contributed by atoms with Gasteiger partial charge in [-0.05, 0) is 24.2 Å². The molecule has 3 aliphatic carbocycles. The van der Waals surface area contributed by atoms with Gasteiger partial charge in [-0.2, -0.15) is 0 Å². The van der Waals surface area contributed by atoms with Crippen LogP contribution in [0.5, 0.6) is 0 Å². The van der Waals surface area contributed by atoms with Crippen LogP contribution in [-0.2, 0) is 0 Å². The normalized spacial score (nSPS) is 57.4. The summed E-state index contributed by atoms with van der Waals surface area (Å²) in [6.07, 6.45) is 9.94. The topological polar surface area (TPSA) is 20.2 Å². The molecule has 0 aliphatic heterocycles. The Kier molecular flexibility index (Phi) is 0.972. The van der Waals surface area contributed by atoms with Gasteiger partial charge in [-0.25, -0.2) is 0 Å². The highest BCUT2D eigenvalue weighted by Crippen LogP contribution is 2.52. The van der Waals surface area contributed by atoms with Crippen LogP contribution in [0.1, 0.15) is 6.42 Å². The monoisotopic (exact) mass is 148 g/mol. The number of hydrogen-bond donors (Lipinski definition) is 1. The molecule has 1 fully saturated rings. The van der Waals surface area contributed by atoms with E-state index in [-0.39, 0.29) is 6.10 Å². The summed E-state index contributed by atoms with van der Waals surface area (Å²) in [5, 5.41) is 9.60. The fourth-order valence-corrected chi connectivity index (χ4v) is 3.02. The number of aliphatic hydroxyl groups excluding tert-OH is 1. The van der Waals surface area contributed by atoms with Crippen LogP contribution in [0.25, 0.3) is 0 Å². The summed E-state index contributed by atoms with van der Waals surface area (Å²) in [4.78, 5) is 0. The van der Waals surface area contributed by atoms with E-state index >= 15 is 0 Å². The number of aliphatic hydroxyl groups is 1. The van der Waals surface area contributed by atoms with Gasteiger partial charge in [0, 0.05) is 5.92 Å². The summed E-state index contributed by atoms with van der Waals surface area (Å²) in [5.74, 6) is 2.62. The predicted octanol–water partition coefficient (Wildman–Crippen LogP) is 1.36. The van der Waals surface area contributed by atoms with Crippen molar-refractivity contribution in [1.82, 2.24) is 0 Å². The van der Waals surface area contributed by atoms with E-state index < -0.39 is 0 Å². The van der Waals surface area contributed by atoms with Gasteiger partial charge in [-0.15, -0.1) is 0 Å². The summed E-state index contributed by atoms with van der Waals surface area (Å²) < 4.78 is 0. The molecule has 5 atom stereocenters. The lowest BCUT2D eigenvalue weighted by Gasteiger charge is -2.22. The molecule has 3 rings (SSSR count). The van der Waals surface area contributed by atoms with E-state index in [0.29, 0.717) is 17.8 Å². The molecule has 58 valence electrons. The molecule has 0 radical (unpaired) electrons. The maximum Gasteiger partial charge on any atom is 0.0760 e. The minimum absolute atomic E-state index is 0.153. The second kappa shape index (κ2) is 1.78. The lowest BCUT2D eigenvalue weighted by molar-refractivity contribution is 0.132. The Bertz CT molecular complexity index is 241. The average molecular weight is 148 g/mol. The second-order valence-corrected chi connectivity index (χ2v) is 3.98. The maximum absolute atomic E-state index is 9.60. The Balaban J connectivity index is 2.02. The van der Waals surface area contributed by atoms with Crippen molar-refractivity contribution in [3.8, 4) is 0 Å². The molecule has 0 heterocycles. The Hall–Kier alpha value is -0.560. The molecule has 3 aliphatic rings. The van der Waals surface area contributed by atoms with Gasteiger partial charge in [0.15, 0.2) is 0 Å². The molecule has 1 saturated carbocycles. The Morgan fingerprint density at radius 1 is 1.00 bits per heavy atom. The van der Waals surface area contributed by atoms with Gasteiger partial charge < -0.3 is 5.11 Å². The predicted molar refractivity (Wildman–Crippen MR) is 42.9 cm³/mol. The van der Waals surface area contributed by atoms with Crippen molar-refractivity contribution in [3.63, 3.8) is 0 Å². The molecule has 11 heavy (non-hydrogen) atoms. The van der Waals surface area contributed by atoms with Crippen LogP contribution in [0.2, 0.25) is 0 Å². The standard InChI is InChI=1S/C10H12O/c11-9-4-3-8-6-1-2-7(5-6)10(8)9/h1-4,6-11H,5H2/t6-,7-,8-,9+,10-/m0/s1. The molecule has 0 spiro atoms. The van der Waals surface area contributed by atoms with E-state index in [1.54, 1.807) is 0 Å². The van der Waals surface area contributed by atoms with Crippen molar-refractivity contribution < 1.29 is 5.11 Å². The molecule has 0 amide bonds. The highest BCUT2D eigenvalue weighted by molar-refractivity contribution is 5.24. The van der Waals surface area contributed by atoms with Crippen LogP contribution in [0.15, 0.2) is 24.3 Å². The third kappa shape index (κ3) is 0.603. The summed E-state index contributed by atoms with van der Waals surface area (Å²) in [6, 6.07) is 0. The smallest absolute Gasteiger partial charge is 0.0760 e. The molecular weight excluding hydrogens is 136 g/mol. The lowest BCUT2D eigenvalue weighted by Crippen LogP contribution is -2.23. The number of hydrogen-bond acceptors (Lipinski definition) is 1. The minimum Gasteiger partial charge on any atom is -0.389 e. The van der Waals surface area contributed by atoms with Crippen LogP contribution >= 0.6 is 0 Å². The molecule has 1 N–H and O–H groups in total. The van der Waals surface area contributed by atoms with E-state index in [9.17, 15) is 5.11 Å². The Morgan fingerprint density at radius 3 is 2.64 bits per heavy atom. The number of allylic oxidation sites excluding steroid dienone is 3. The third-order valence-corrected chi connectivity index (χ3v) is 3.51. The first-order valence-corrected chi connectivity index (χ1v) is 4.41. The fraction of sp³-hybridized carbons (Fsp3) is 0.600. The number of rotatable bonds is 0. The van der Waals surface area contributed by atoms with Crippen LogP contribution < -0.4 is 0 Å². The molecule has 0 aromatic heterocycles. The molecule has 0 aromatic rings. The van der Waals surface area contributed by atoms with Crippen molar-refractivity contribution in [1.29, 1.82) is 0 Å². The quantitative estimate of drug-likeness (QED) is 0.514. The maximum atomic E-state index is 9.60. The van der Waals surface area contributed by atoms with Crippen LogP contribution in [0.3, 0.4) is 0 Å². The Morgan fingerprint density at radius 2 is 1.82 bits per heavy atom. The third-order valence-electron chi connectivity index (χ3n) is 3.51.